The summed E-state index contributed by atoms with van der Waals surface area (Å²) in [6, 6.07) is 2.40. The Kier molecular flexibility index (Phi) is 3.66. The molecule has 1 aliphatic heterocycles. The van der Waals surface area contributed by atoms with E-state index in [2.05, 4.69) is 22.1 Å². The maximum atomic E-state index is 11.4. The molecule has 2 atom stereocenters. The van der Waals surface area contributed by atoms with E-state index in [1.165, 1.54) is 5.56 Å². The Morgan fingerprint density at radius 2 is 2.44 bits per heavy atom. The number of nitrogens with one attached hydrogen (secondary N) is 1. The predicted molar refractivity (Wildman–Crippen MR) is 67.5 cm³/mol. The fourth-order valence-corrected chi connectivity index (χ4v) is 4.88. The monoisotopic (exact) mass is 259 g/mol. The molecule has 0 bridgehead atoms. The minimum atomic E-state index is -2.74. The Balaban J connectivity index is 1.98. The third kappa shape index (κ3) is 2.84. The van der Waals surface area contributed by atoms with E-state index in [9.17, 15) is 8.42 Å². The Morgan fingerprint density at radius 3 is 2.94 bits per heavy atom. The van der Waals surface area contributed by atoms with Crippen LogP contribution in [0.4, 0.5) is 0 Å². The van der Waals surface area contributed by atoms with Crippen molar-refractivity contribution in [1.82, 2.24) is 5.32 Å². The third-order valence-electron chi connectivity index (χ3n) is 3.19. The summed E-state index contributed by atoms with van der Waals surface area (Å²) in [7, 11) is -0.807. The molecule has 0 aromatic carbocycles. The Hall–Kier alpha value is -0.390. The zero-order valence-corrected chi connectivity index (χ0v) is 11.0. The van der Waals surface area contributed by atoms with Crippen LogP contribution in [0.25, 0.3) is 0 Å². The van der Waals surface area contributed by atoms with Gasteiger partial charge >= 0.3 is 0 Å². The molecule has 16 heavy (non-hydrogen) atoms. The lowest BCUT2D eigenvalue weighted by Crippen LogP contribution is -2.20. The topological polar surface area (TPSA) is 46.2 Å². The average Bonchev–Trinajstić information content (AvgIpc) is 2.84. The zero-order valence-electron chi connectivity index (χ0n) is 9.35. The molecule has 0 aliphatic carbocycles. The van der Waals surface area contributed by atoms with Crippen LogP contribution >= 0.6 is 11.3 Å². The lowest BCUT2D eigenvalue weighted by Gasteiger charge is -2.18. The van der Waals surface area contributed by atoms with Crippen molar-refractivity contribution >= 4 is 21.2 Å². The highest BCUT2D eigenvalue weighted by atomic mass is 32.2. The SMILES string of the molecule is CNC(CC1CCS(=O)(=O)C1)c1ccsc1. The molecule has 5 heteroatoms. The van der Waals surface area contributed by atoms with E-state index < -0.39 is 9.84 Å². The first-order valence-corrected chi connectivity index (χ1v) is 8.27. The summed E-state index contributed by atoms with van der Waals surface area (Å²) in [5, 5.41) is 7.46. The van der Waals surface area contributed by atoms with Crippen LogP contribution in [0.5, 0.6) is 0 Å². The van der Waals surface area contributed by atoms with Gasteiger partial charge in [-0.05, 0) is 48.2 Å². The Labute approximate surface area is 101 Å². The smallest absolute Gasteiger partial charge is 0.150 e. The van der Waals surface area contributed by atoms with Crippen molar-refractivity contribution in [3.8, 4) is 0 Å². The van der Waals surface area contributed by atoms with Crippen LogP contribution in [-0.2, 0) is 9.84 Å². The maximum absolute atomic E-state index is 11.4. The first-order chi connectivity index (χ1) is 7.61. The molecular formula is C11H17NO2S2. The molecule has 2 heterocycles. The molecule has 1 aliphatic rings. The van der Waals surface area contributed by atoms with E-state index in [0.717, 1.165) is 12.8 Å². The molecule has 90 valence electrons. The molecule has 0 radical (unpaired) electrons. The number of thiophene rings is 1. The van der Waals surface area contributed by atoms with Crippen LogP contribution in [0.2, 0.25) is 0 Å². The number of hydrogen-bond donors (Lipinski definition) is 1. The highest BCUT2D eigenvalue weighted by Crippen LogP contribution is 2.29. The van der Waals surface area contributed by atoms with E-state index in [4.69, 9.17) is 0 Å². The van der Waals surface area contributed by atoms with Crippen LogP contribution in [0.15, 0.2) is 16.8 Å². The van der Waals surface area contributed by atoms with Gasteiger partial charge in [0, 0.05) is 6.04 Å². The summed E-state index contributed by atoms with van der Waals surface area (Å²) in [5.41, 5.74) is 1.27. The van der Waals surface area contributed by atoms with Crippen LogP contribution in [0.1, 0.15) is 24.4 Å². The van der Waals surface area contributed by atoms with E-state index in [1.807, 2.05) is 7.05 Å². The van der Waals surface area contributed by atoms with Crippen molar-refractivity contribution in [3.05, 3.63) is 22.4 Å². The minimum absolute atomic E-state index is 0.296. The first kappa shape index (κ1) is 12.1. The second-order valence-electron chi connectivity index (χ2n) is 4.40. The predicted octanol–water partition coefficient (Wildman–Crippen LogP) is 1.83. The van der Waals surface area contributed by atoms with Crippen molar-refractivity contribution < 1.29 is 8.42 Å². The fraction of sp³-hybridized carbons (Fsp3) is 0.636. The van der Waals surface area contributed by atoms with Crippen LogP contribution < -0.4 is 5.32 Å². The summed E-state index contributed by atoms with van der Waals surface area (Å²) >= 11 is 1.68. The lowest BCUT2D eigenvalue weighted by molar-refractivity contribution is 0.438. The van der Waals surface area contributed by atoms with Gasteiger partial charge in [0.2, 0.25) is 0 Å². The van der Waals surface area contributed by atoms with Gasteiger partial charge in [-0.25, -0.2) is 8.42 Å². The quantitative estimate of drug-likeness (QED) is 0.897. The standard InChI is InChI=1S/C11H17NO2S2/c1-12-11(10-2-4-15-7-10)6-9-3-5-16(13,14)8-9/h2,4,7,9,11-12H,3,5-6,8H2,1H3. The summed E-state index contributed by atoms with van der Waals surface area (Å²) in [5.74, 6) is 1.06. The van der Waals surface area contributed by atoms with Gasteiger partial charge in [-0.1, -0.05) is 0 Å². The Morgan fingerprint density at radius 1 is 1.62 bits per heavy atom. The largest absolute Gasteiger partial charge is 0.313 e. The molecule has 0 spiro atoms. The highest BCUT2D eigenvalue weighted by molar-refractivity contribution is 7.91. The molecule has 1 saturated heterocycles. The van der Waals surface area contributed by atoms with Crippen LogP contribution in [-0.4, -0.2) is 27.0 Å². The van der Waals surface area contributed by atoms with Gasteiger partial charge < -0.3 is 5.32 Å². The fourth-order valence-electron chi connectivity index (χ4n) is 2.29. The van der Waals surface area contributed by atoms with Gasteiger partial charge in [0.1, 0.15) is 0 Å². The number of hydrogen-bond acceptors (Lipinski definition) is 4. The summed E-state index contributed by atoms with van der Waals surface area (Å²) in [4.78, 5) is 0. The third-order valence-corrected chi connectivity index (χ3v) is 5.73. The van der Waals surface area contributed by atoms with Crippen molar-refractivity contribution in [2.24, 2.45) is 5.92 Å². The van der Waals surface area contributed by atoms with Gasteiger partial charge in [-0.3, -0.25) is 0 Å². The minimum Gasteiger partial charge on any atom is -0.313 e. The molecule has 1 aromatic heterocycles. The lowest BCUT2D eigenvalue weighted by atomic mass is 9.96. The van der Waals surface area contributed by atoms with Crippen molar-refractivity contribution in [3.63, 3.8) is 0 Å². The normalized spacial score (nSPS) is 25.7. The molecule has 2 unspecified atom stereocenters. The van der Waals surface area contributed by atoms with Gasteiger partial charge in [0.25, 0.3) is 0 Å². The van der Waals surface area contributed by atoms with E-state index >= 15 is 0 Å². The highest BCUT2D eigenvalue weighted by Gasteiger charge is 2.29. The van der Waals surface area contributed by atoms with Crippen molar-refractivity contribution in [2.75, 3.05) is 18.6 Å². The first-order valence-electron chi connectivity index (χ1n) is 5.50. The van der Waals surface area contributed by atoms with E-state index in [1.54, 1.807) is 11.3 Å². The van der Waals surface area contributed by atoms with Gasteiger partial charge in [0.05, 0.1) is 11.5 Å². The summed E-state index contributed by atoms with van der Waals surface area (Å²) in [6.45, 7) is 0. The van der Waals surface area contributed by atoms with Crippen molar-refractivity contribution in [2.45, 2.75) is 18.9 Å². The maximum Gasteiger partial charge on any atom is 0.150 e. The molecule has 2 rings (SSSR count). The van der Waals surface area contributed by atoms with Crippen LogP contribution in [0.3, 0.4) is 0 Å². The Bertz CT molecular complexity index is 425. The van der Waals surface area contributed by atoms with Gasteiger partial charge in [-0.2, -0.15) is 11.3 Å². The second kappa shape index (κ2) is 4.85. The zero-order chi connectivity index (χ0) is 11.6. The number of sulfone groups is 1. The second-order valence-corrected chi connectivity index (χ2v) is 7.41. The molecule has 1 fully saturated rings. The molecular weight excluding hydrogens is 242 g/mol. The molecule has 3 nitrogen and oxygen atoms in total. The average molecular weight is 259 g/mol. The van der Waals surface area contributed by atoms with Gasteiger partial charge in [0.15, 0.2) is 9.84 Å². The van der Waals surface area contributed by atoms with E-state index in [0.29, 0.717) is 23.5 Å². The van der Waals surface area contributed by atoms with Gasteiger partial charge in [-0.15, -0.1) is 0 Å². The molecule has 1 N–H and O–H groups in total. The summed E-state index contributed by atoms with van der Waals surface area (Å²) in [6.07, 6.45) is 1.75. The molecule has 0 amide bonds. The molecule has 1 aromatic rings. The van der Waals surface area contributed by atoms with Crippen LogP contribution in [0, 0.1) is 5.92 Å². The summed E-state index contributed by atoms with van der Waals surface area (Å²) < 4.78 is 22.8. The number of rotatable bonds is 4. The van der Waals surface area contributed by atoms with Crippen molar-refractivity contribution in [1.29, 1.82) is 0 Å². The van der Waals surface area contributed by atoms with E-state index in [-0.39, 0.29) is 0 Å². The molecule has 0 saturated carbocycles.